The van der Waals surface area contributed by atoms with Crippen LogP contribution < -0.4 is 0 Å². The Kier molecular flexibility index (Phi) is 5.15. The summed E-state index contributed by atoms with van der Waals surface area (Å²) >= 11 is 0. The third-order valence-electron chi connectivity index (χ3n) is 3.29. The molecular weight excluding hydrogens is 366 g/mol. The predicted octanol–water partition coefficient (Wildman–Crippen LogP) is 4.49. The lowest BCUT2D eigenvalue weighted by Crippen LogP contribution is -2.12. The van der Waals surface area contributed by atoms with Gasteiger partial charge in [0, 0.05) is 11.8 Å². The number of halogens is 6. The smallest absolute Gasteiger partial charge is 0.416 e. The van der Waals surface area contributed by atoms with Crippen LogP contribution in [0.3, 0.4) is 0 Å². The molecule has 26 heavy (non-hydrogen) atoms. The molecule has 2 aromatic rings. The highest BCUT2D eigenvalue weighted by molar-refractivity contribution is 6.15. The minimum Gasteiger partial charge on any atom is -0.462 e. The molecule has 0 fully saturated rings. The Labute approximate surface area is 143 Å². The molecule has 0 N–H and O–H groups in total. The maximum Gasteiger partial charge on any atom is 0.416 e. The Bertz CT molecular complexity index is 804. The summed E-state index contributed by atoms with van der Waals surface area (Å²) in [4.78, 5) is 11.6. The third kappa shape index (κ3) is 4.24. The van der Waals surface area contributed by atoms with Crippen molar-refractivity contribution in [2.75, 3.05) is 6.61 Å². The van der Waals surface area contributed by atoms with Gasteiger partial charge in [0.05, 0.1) is 35.2 Å². The van der Waals surface area contributed by atoms with E-state index in [-0.39, 0.29) is 23.8 Å². The van der Waals surface area contributed by atoms with E-state index in [1.807, 2.05) is 0 Å². The van der Waals surface area contributed by atoms with Gasteiger partial charge in [-0.05, 0) is 25.1 Å². The van der Waals surface area contributed by atoms with E-state index in [2.05, 4.69) is 11.7 Å². The Hall–Kier alpha value is -2.78. The van der Waals surface area contributed by atoms with Crippen LogP contribution in [-0.4, -0.2) is 22.4 Å². The first-order valence-electron chi connectivity index (χ1n) is 7.14. The van der Waals surface area contributed by atoms with Gasteiger partial charge in [0.1, 0.15) is 0 Å². The molecule has 0 atom stereocenters. The molecule has 0 bridgehead atoms. The van der Waals surface area contributed by atoms with Gasteiger partial charge in [0.15, 0.2) is 0 Å². The van der Waals surface area contributed by atoms with Crippen LogP contribution in [0.1, 0.15) is 23.6 Å². The van der Waals surface area contributed by atoms with Crippen molar-refractivity contribution in [3.8, 4) is 5.69 Å². The largest absolute Gasteiger partial charge is 0.462 e. The van der Waals surface area contributed by atoms with E-state index in [0.29, 0.717) is 12.1 Å². The standard InChI is InChI=1S/C16H12F6N2O2/c1-3-26-14(25)9(2)10-7-23-24(8-10)13-5-11(15(17,18)19)4-12(6-13)16(20,21)22/h4-8H,2-3H2,1H3. The normalized spacial score (nSPS) is 12.1. The maximum atomic E-state index is 12.9. The van der Waals surface area contributed by atoms with Crippen LogP contribution in [0.4, 0.5) is 26.3 Å². The van der Waals surface area contributed by atoms with Gasteiger partial charge in [0.25, 0.3) is 0 Å². The molecule has 0 radical (unpaired) electrons. The zero-order chi connectivity index (χ0) is 19.7. The van der Waals surface area contributed by atoms with Crippen molar-refractivity contribution in [3.63, 3.8) is 0 Å². The minimum atomic E-state index is -4.97. The fourth-order valence-electron chi connectivity index (χ4n) is 2.03. The van der Waals surface area contributed by atoms with Crippen molar-refractivity contribution in [1.29, 1.82) is 0 Å². The Morgan fingerprint density at radius 3 is 2.12 bits per heavy atom. The fourth-order valence-corrected chi connectivity index (χ4v) is 2.03. The molecule has 0 spiro atoms. The topological polar surface area (TPSA) is 44.1 Å². The second kappa shape index (κ2) is 6.85. The molecular formula is C16H12F6N2O2. The van der Waals surface area contributed by atoms with E-state index < -0.39 is 35.1 Å². The van der Waals surface area contributed by atoms with Crippen molar-refractivity contribution in [2.24, 2.45) is 0 Å². The first-order valence-corrected chi connectivity index (χ1v) is 7.14. The van der Waals surface area contributed by atoms with Gasteiger partial charge in [-0.2, -0.15) is 31.4 Å². The van der Waals surface area contributed by atoms with E-state index in [4.69, 9.17) is 4.74 Å². The van der Waals surface area contributed by atoms with Crippen LogP contribution in [-0.2, 0) is 21.9 Å². The second-order valence-corrected chi connectivity index (χ2v) is 5.14. The van der Waals surface area contributed by atoms with Crippen LogP contribution >= 0.6 is 0 Å². The Morgan fingerprint density at radius 1 is 1.12 bits per heavy atom. The number of carbonyl (C=O) groups excluding carboxylic acids is 1. The van der Waals surface area contributed by atoms with Crippen molar-refractivity contribution in [2.45, 2.75) is 19.3 Å². The number of alkyl halides is 6. The summed E-state index contributed by atoms with van der Waals surface area (Å²) in [5.41, 5.74) is -3.42. The highest BCUT2D eigenvalue weighted by Crippen LogP contribution is 2.37. The number of hydrogen-bond acceptors (Lipinski definition) is 3. The van der Waals surface area contributed by atoms with Crippen molar-refractivity contribution < 1.29 is 35.9 Å². The molecule has 1 aromatic heterocycles. The molecule has 140 valence electrons. The van der Waals surface area contributed by atoms with Crippen LogP contribution in [0, 0.1) is 0 Å². The first-order chi connectivity index (χ1) is 11.9. The number of aromatic nitrogens is 2. The molecule has 0 aliphatic rings. The lowest BCUT2D eigenvalue weighted by Gasteiger charge is -2.14. The minimum absolute atomic E-state index is 0.0193. The van der Waals surface area contributed by atoms with Crippen LogP contribution in [0.25, 0.3) is 11.3 Å². The van der Waals surface area contributed by atoms with Gasteiger partial charge >= 0.3 is 18.3 Å². The summed E-state index contributed by atoms with van der Waals surface area (Å²) in [6.45, 7) is 5.12. The molecule has 10 heteroatoms. The van der Waals surface area contributed by atoms with Gasteiger partial charge in [-0.15, -0.1) is 0 Å². The lowest BCUT2D eigenvalue weighted by atomic mass is 10.1. The maximum absolute atomic E-state index is 12.9. The SMILES string of the molecule is C=C(C(=O)OCC)c1cnn(-c2cc(C(F)(F)F)cc(C(F)(F)F)c2)c1. The van der Waals surface area contributed by atoms with Crippen molar-refractivity contribution in [3.05, 3.63) is 53.9 Å². The number of nitrogens with zero attached hydrogens (tertiary/aromatic N) is 2. The van der Waals surface area contributed by atoms with E-state index in [1.165, 1.54) is 0 Å². The quantitative estimate of drug-likeness (QED) is 0.448. The molecule has 0 aliphatic heterocycles. The molecule has 0 saturated carbocycles. The highest BCUT2D eigenvalue weighted by Gasteiger charge is 2.37. The number of ether oxygens (including phenoxy) is 1. The summed E-state index contributed by atoms with van der Waals surface area (Å²) in [5, 5.41) is 3.71. The zero-order valence-electron chi connectivity index (χ0n) is 13.3. The van der Waals surface area contributed by atoms with E-state index in [9.17, 15) is 31.1 Å². The van der Waals surface area contributed by atoms with Gasteiger partial charge in [-0.25, -0.2) is 9.48 Å². The molecule has 0 aliphatic carbocycles. The van der Waals surface area contributed by atoms with Crippen LogP contribution in [0.15, 0.2) is 37.2 Å². The molecule has 1 heterocycles. The molecule has 0 unspecified atom stereocenters. The van der Waals surface area contributed by atoms with Gasteiger partial charge < -0.3 is 4.74 Å². The predicted molar refractivity (Wildman–Crippen MR) is 79.2 cm³/mol. The van der Waals surface area contributed by atoms with Crippen LogP contribution in [0.2, 0.25) is 0 Å². The lowest BCUT2D eigenvalue weighted by molar-refractivity contribution is -0.143. The second-order valence-electron chi connectivity index (χ2n) is 5.14. The molecule has 1 aromatic carbocycles. The Morgan fingerprint density at radius 2 is 1.65 bits per heavy atom. The summed E-state index contributed by atoms with van der Waals surface area (Å²) in [5.74, 6) is -0.771. The summed E-state index contributed by atoms with van der Waals surface area (Å²) in [6, 6.07) is 1.07. The van der Waals surface area contributed by atoms with Gasteiger partial charge in [-0.1, -0.05) is 6.58 Å². The molecule has 0 amide bonds. The highest BCUT2D eigenvalue weighted by atomic mass is 19.4. The van der Waals surface area contributed by atoms with E-state index >= 15 is 0 Å². The molecule has 0 saturated heterocycles. The van der Waals surface area contributed by atoms with Crippen LogP contribution in [0.5, 0.6) is 0 Å². The number of hydrogen-bond donors (Lipinski definition) is 0. The van der Waals surface area contributed by atoms with Crippen molar-refractivity contribution in [1.82, 2.24) is 9.78 Å². The van der Waals surface area contributed by atoms with Gasteiger partial charge in [-0.3, -0.25) is 0 Å². The fraction of sp³-hybridized carbons (Fsp3) is 0.250. The molecule has 4 nitrogen and oxygen atoms in total. The van der Waals surface area contributed by atoms with E-state index in [1.54, 1.807) is 6.92 Å². The monoisotopic (exact) mass is 378 g/mol. The number of rotatable bonds is 4. The number of carbonyl (C=O) groups is 1. The number of esters is 1. The number of benzene rings is 1. The zero-order valence-corrected chi connectivity index (χ0v) is 13.3. The van der Waals surface area contributed by atoms with E-state index in [0.717, 1.165) is 17.1 Å². The summed E-state index contributed by atoms with van der Waals surface area (Å²) < 4.78 is 82.9. The summed E-state index contributed by atoms with van der Waals surface area (Å²) in [6.07, 6.45) is -7.76. The Balaban J connectivity index is 2.49. The average Bonchev–Trinajstić information content (AvgIpc) is 3.02. The molecule has 2 rings (SSSR count). The summed E-state index contributed by atoms with van der Waals surface area (Å²) in [7, 11) is 0. The average molecular weight is 378 g/mol. The first kappa shape index (κ1) is 19.5. The van der Waals surface area contributed by atoms with Gasteiger partial charge in [0.2, 0.25) is 0 Å². The van der Waals surface area contributed by atoms with Crippen molar-refractivity contribution >= 4 is 11.5 Å². The third-order valence-corrected chi connectivity index (χ3v) is 3.29.